The number of anilines is 1. The van der Waals surface area contributed by atoms with Crippen LogP contribution in [0.4, 0.5) is 5.82 Å². The van der Waals surface area contributed by atoms with Crippen molar-refractivity contribution in [1.82, 2.24) is 4.98 Å². The van der Waals surface area contributed by atoms with Crippen molar-refractivity contribution in [3.05, 3.63) is 42.0 Å². The van der Waals surface area contributed by atoms with Gasteiger partial charge in [0.15, 0.2) is 0 Å². The lowest BCUT2D eigenvalue weighted by Crippen LogP contribution is -1.92. The summed E-state index contributed by atoms with van der Waals surface area (Å²) in [5, 5.41) is 0.904. The fourth-order valence-electron chi connectivity index (χ4n) is 1.62. The molecule has 0 fully saturated rings. The van der Waals surface area contributed by atoms with Gasteiger partial charge in [0.05, 0.1) is 19.2 Å². The lowest BCUT2D eigenvalue weighted by Gasteiger charge is -2.08. The topological polar surface area (TPSA) is 57.4 Å². The minimum absolute atomic E-state index is 0.535. The quantitative estimate of drug-likeness (QED) is 0.851. The molecule has 0 spiro atoms. The Morgan fingerprint density at radius 2 is 1.79 bits per heavy atom. The number of hydrogen-bond donors (Lipinski definition) is 1. The van der Waals surface area contributed by atoms with Crippen LogP contribution in [0.1, 0.15) is 5.56 Å². The monoisotopic (exact) mass is 276 g/mol. The highest BCUT2D eigenvalue weighted by molar-refractivity contribution is 7.98. The van der Waals surface area contributed by atoms with E-state index >= 15 is 0 Å². The lowest BCUT2D eigenvalue weighted by atomic mass is 10.2. The normalized spacial score (nSPS) is 10.2. The van der Waals surface area contributed by atoms with E-state index in [-0.39, 0.29) is 0 Å². The zero-order valence-electron chi connectivity index (χ0n) is 10.9. The first-order valence-corrected chi connectivity index (χ1v) is 6.77. The summed E-state index contributed by atoms with van der Waals surface area (Å²) in [7, 11) is 3.29. The zero-order valence-corrected chi connectivity index (χ0v) is 11.7. The van der Waals surface area contributed by atoms with Gasteiger partial charge in [-0.25, -0.2) is 4.98 Å². The van der Waals surface area contributed by atoms with Gasteiger partial charge in [0.25, 0.3) is 0 Å². The van der Waals surface area contributed by atoms with E-state index in [4.69, 9.17) is 15.2 Å². The molecule has 2 aromatic rings. The van der Waals surface area contributed by atoms with E-state index in [9.17, 15) is 0 Å². The molecule has 4 nitrogen and oxygen atoms in total. The van der Waals surface area contributed by atoms with Crippen molar-refractivity contribution in [2.45, 2.75) is 10.8 Å². The minimum atomic E-state index is 0.535. The zero-order chi connectivity index (χ0) is 13.7. The summed E-state index contributed by atoms with van der Waals surface area (Å²) in [5.41, 5.74) is 6.77. The van der Waals surface area contributed by atoms with Gasteiger partial charge in [-0.3, -0.25) is 0 Å². The molecule has 0 aliphatic carbocycles. The van der Waals surface area contributed by atoms with Gasteiger partial charge in [0.1, 0.15) is 17.3 Å². The SMILES string of the molecule is COc1cc(CSc2cccc(N)n2)cc(OC)c1. The number of rotatable bonds is 5. The van der Waals surface area contributed by atoms with Gasteiger partial charge in [-0.1, -0.05) is 6.07 Å². The second-order valence-corrected chi connectivity index (χ2v) is 4.91. The maximum absolute atomic E-state index is 5.65. The molecule has 1 aromatic carbocycles. The molecule has 5 heteroatoms. The molecule has 2 rings (SSSR count). The van der Waals surface area contributed by atoms with Crippen molar-refractivity contribution in [1.29, 1.82) is 0 Å². The molecular weight excluding hydrogens is 260 g/mol. The summed E-state index contributed by atoms with van der Waals surface area (Å²) >= 11 is 1.62. The Morgan fingerprint density at radius 1 is 1.11 bits per heavy atom. The molecular formula is C14H16N2O2S. The third kappa shape index (κ3) is 3.79. The van der Waals surface area contributed by atoms with Gasteiger partial charge in [-0.15, -0.1) is 11.8 Å². The smallest absolute Gasteiger partial charge is 0.124 e. The second kappa shape index (κ2) is 6.33. The van der Waals surface area contributed by atoms with E-state index in [1.54, 1.807) is 32.0 Å². The van der Waals surface area contributed by atoms with E-state index in [2.05, 4.69) is 4.98 Å². The molecule has 0 radical (unpaired) electrons. The molecule has 0 unspecified atom stereocenters. The third-order valence-electron chi connectivity index (χ3n) is 2.54. The fourth-order valence-corrected chi connectivity index (χ4v) is 2.44. The number of benzene rings is 1. The van der Waals surface area contributed by atoms with Crippen LogP contribution < -0.4 is 15.2 Å². The van der Waals surface area contributed by atoms with Crippen LogP contribution in [0.3, 0.4) is 0 Å². The third-order valence-corrected chi connectivity index (χ3v) is 3.54. The number of thioether (sulfide) groups is 1. The van der Waals surface area contributed by atoms with Gasteiger partial charge in [-0.2, -0.15) is 0 Å². The Balaban J connectivity index is 2.10. The molecule has 0 aliphatic rings. The molecule has 19 heavy (non-hydrogen) atoms. The van der Waals surface area contributed by atoms with E-state index in [1.807, 2.05) is 30.3 Å². The van der Waals surface area contributed by atoms with Crippen LogP contribution in [-0.2, 0) is 5.75 Å². The average molecular weight is 276 g/mol. The fraction of sp³-hybridized carbons (Fsp3) is 0.214. The number of hydrogen-bond acceptors (Lipinski definition) is 5. The van der Waals surface area contributed by atoms with Crippen molar-refractivity contribution in [2.75, 3.05) is 20.0 Å². The van der Waals surface area contributed by atoms with E-state index in [1.165, 1.54) is 0 Å². The number of nitrogens with two attached hydrogens (primary N) is 1. The second-order valence-electron chi connectivity index (χ2n) is 3.91. The first-order chi connectivity index (χ1) is 9.21. The van der Waals surface area contributed by atoms with Crippen LogP contribution >= 0.6 is 11.8 Å². The maximum atomic E-state index is 5.65. The molecule has 100 valence electrons. The highest BCUT2D eigenvalue weighted by Crippen LogP contribution is 2.27. The van der Waals surface area contributed by atoms with Crippen molar-refractivity contribution >= 4 is 17.6 Å². The van der Waals surface area contributed by atoms with Crippen LogP contribution in [0, 0.1) is 0 Å². The molecule has 0 saturated carbocycles. The standard InChI is InChI=1S/C14H16N2O2S/c1-17-11-6-10(7-12(8-11)18-2)9-19-14-5-3-4-13(15)16-14/h3-8H,9H2,1-2H3,(H2,15,16). The predicted molar refractivity (Wildman–Crippen MR) is 77.8 cm³/mol. The maximum Gasteiger partial charge on any atom is 0.124 e. The Bertz CT molecular complexity index is 539. The summed E-state index contributed by atoms with van der Waals surface area (Å²) in [4.78, 5) is 4.25. The van der Waals surface area contributed by atoms with Gasteiger partial charge < -0.3 is 15.2 Å². The summed E-state index contributed by atoms with van der Waals surface area (Å²) in [6.07, 6.45) is 0. The van der Waals surface area contributed by atoms with Crippen LogP contribution in [-0.4, -0.2) is 19.2 Å². The Hall–Kier alpha value is -1.88. The molecule has 0 saturated heterocycles. The molecule has 1 heterocycles. The summed E-state index contributed by atoms with van der Waals surface area (Å²) in [6, 6.07) is 11.4. The van der Waals surface area contributed by atoms with Crippen LogP contribution in [0.2, 0.25) is 0 Å². The Labute approximate surface area is 116 Å². The van der Waals surface area contributed by atoms with Crippen LogP contribution in [0.15, 0.2) is 41.4 Å². The molecule has 1 aromatic heterocycles. The van der Waals surface area contributed by atoms with Gasteiger partial charge in [0.2, 0.25) is 0 Å². The van der Waals surface area contributed by atoms with Crippen LogP contribution in [0.5, 0.6) is 11.5 Å². The van der Waals surface area contributed by atoms with Crippen molar-refractivity contribution in [2.24, 2.45) is 0 Å². The number of methoxy groups -OCH3 is 2. The number of ether oxygens (including phenoxy) is 2. The molecule has 0 atom stereocenters. The van der Waals surface area contributed by atoms with E-state index in [0.29, 0.717) is 5.82 Å². The van der Waals surface area contributed by atoms with Gasteiger partial charge in [0, 0.05) is 11.8 Å². The van der Waals surface area contributed by atoms with E-state index < -0.39 is 0 Å². The van der Waals surface area contributed by atoms with E-state index in [0.717, 1.165) is 27.8 Å². The number of nitrogen functional groups attached to an aromatic ring is 1. The van der Waals surface area contributed by atoms with Crippen molar-refractivity contribution < 1.29 is 9.47 Å². The molecule has 2 N–H and O–H groups in total. The lowest BCUT2D eigenvalue weighted by molar-refractivity contribution is 0.393. The number of nitrogens with zero attached hydrogens (tertiary/aromatic N) is 1. The Kier molecular flexibility index (Phi) is 4.52. The summed E-state index contributed by atoms with van der Waals surface area (Å²) < 4.78 is 10.5. The van der Waals surface area contributed by atoms with Crippen molar-refractivity contribution in [3.8, 4) is 11.5 Å². The average Bonchev–Trinajstić information content (AvgIpc) is 2.44. The van der Waals surface area contributed by atoms with Crippen LogP contribution in [0.25, 0.3) is 0 Å². The number of aromatic nitrogens is 1. The first kappa shape index (κ1) is 13.5. The summed E-state index contributed by atoms with van der Waals surface area (Å²) in [5.74, 6) is 2.89. The predicted octanol–water partition coefficient (Wildman–Crippen LogP) is 2.97. The van der Waals surface area contributed by atoms with Gasteiger partial charge >= 0.3 is 0 Å². The highest BCUT2D eigenvalue weighted by Gasteiger charge is 2.03. The van der Waals surface area contributed by atoms with Crippen molar-refractivity contribution in [3.63, 3.8) is 0 Å². The minimum Gasteiger partial charge on any atom is -0.497 e. The van der Waals surface area contributed by atoms with Gasteiger partial charge in [-0.05, 0) is 29.8 Å². The summed E-state index contributed by atoms with van der Waals surface area (Å²) in [6.45, 7) is 0. The Morgan fingerprint density at radius 3 is 2.37 bits per heavy atom. The first-order valence-electron chi connectivity index (χ1n) is 5.78. The highest BCUT2D eigenvalue weighted by atomic mass is 32.2. The number of pyridine rings is 1. The molecule has 0 bridgehead atoms. The largest absolute Gasteiger partial charge is 0.497 e. The molecule has 0 amide bonds. The molecule has 0 aliphatic heterocycles.